The zero-order valence-corrected chi connectivity index (χ0v) is 24.9. The summed E-state index contributed by atoms with van der Waals surface area (Å²) in [5.41, 5.74) is 6.64. The van der Waals surface area contributed by atoms with Gasteiger partial charge in [-0.05, 0) is 58.1 Å². The second-order valence-electron chi connectivity index (χ2n) is 10.9. The van der Waals surface area contributed by atoms with E-state index in [1.807, 2.05) is 72.8 Å². The summed E-state index contributed by atoms with van der Waals surface area (Å²) in [6.45, 7) is 1.68. The molecule has 0 fully saturated rings. The Balaban J connectivity index is 1.33. The van der Waals surface area contributed by atoms with Gasteiger partial charge in [-0.25, -0.2) is 0 Å². The van der Waals surface area contributed by atoms with E-state index in [2.05, 4.69) is 76.7 Å². The third kappa shape index (κ3) is 7.01. The molecule has 0 spiro atoms. The van der Waals surface area contributed by atoms with Gasteiger partial charge in [-0.1, -0.05) is 103 Å². The first-order valence-corrected chi connectivity index (χ1v) is 14.9. The molecule has 0 bridgehead atoms. The quantitative estimate of drug-likeness (QED) is 0.159. The van der Waals surface area contributed by atoms with Crippen molar-refractivity contribution in [2.24, 2.45) is 0 Å². The minimum Gasteiger partial charge on any atom is -0.497 e. The Morgan fingerprint density at radius 3 is 2.18 bits per heavy atom. The normalized spacial score (nSPS) is 11.7. The van der Waals surface area contributed by atoms with Gasteiger partial charge in [0.05, 0.1) is 7.11 Å². The summed E-state index contributed by atoms with van der Waals surface area (Å²) in [6, 6.07) is 44.9. The second kappa shape index (κ2) is 13.8. The van der Waals surface area contributed by atoms with Gasteiger partial charge in [0.2, 0.25) is 5.91 Å². The average Bonchev–Trinajstić information content (AvgIpc) is 3.44. The van der Waals surface area contributed by atoms with Gasteiger partial charge in [0.15, 0.2) is 0 Å². The fraction of sp³-hybridized carbons (Fsp3) is 0.154. The second-order valence-corrected chi connectivity index (χ2v) is 10.9. The minimum atomic E-state index is -0.173. The number of rotatable bonds is 12. The Bertz CT molecular complexity index is 1810. The topological polar surface area (TPSA) is 52.5 Å². The van der Waals surface area contributed by atoms with Gasteiger partial charge >= 0.3 is 0 Å². The molecule has 1 N–H and O–H groups in total. The number of carbonyl (C=O) groups excluding carboxylic acids is 1. The maximum atomic E-state index is 13.5. The van der Waals surface area contributed by atoms with Crippen LogP contribution in [0.25, 0.3) is 10.9 Å². The number of nitrogens with zero attached hydrogens (tertiary/aromatic N) is 1. The lowest BCUT2D eigenvalue weighted by molar-refractivity contribution is -0.121. The van der Waals surface area contributed by atoms with Crippen molar-refractivity contribution >= 4 is 16.8 Å². The molecule has 0 saturated carbocycles. The first-order valence-electron chi connectivity index (χ1n) is 14.9. The summed E-state index contributed by atoms with van der Waals surface area (Å²) >= 11 is 0. The standard InChI is InChI=1S/C39H36N2O3/c1-43-33-21-19-30(20-22-33)26-41-27-37(35-17-8-9-18-38(35)41)36(24-39(42)40-25-29-11-4-2-5-12-29)32-15-10-16-34(23-32)44-28-31-13-6-3-7-14-31/h2-23,27,36H,24-26,28H2,1H3,(H,40,42)/t36-/m0/s1. The molecule has 220 valence electrons. The predicted molar refractivity (Wildman–Crippen MR) is 176 cm³/mol. The van der Waals surface area contributed by atoms with Gasteiger partial charge < -0.3 is 19.4 Å². The van der Waals surface area contributed by atoms with E-state index >= 15 is 0 Å². The number of hydrogen-bond acceptors (Lipinski definition) is 3. The van der Waals surface area contributed by atoms with Gasteiger partial charge in [-0.15, -0.1) is 0 Å². The van der Waals surface area contributed by atoms with E-state index in [1.54, 1.807) is 7.11 Å². The monoisotopic (exact) mass is 580 g/mol. The van der Waals surface area contributed by atoms with Crippen LogP contribution in [0.4, 0.5) is 0 Å². The third-order valence-electron chi connectivity index (χ3n) is 7.94. The lowest BCUT2D eigenvalue weighted by Crippen LogP contribution is -2.25. The van der Waals surface area contributed by atoms with Gasteiger partial charge in [-0.2, -0.15) is 0 Å². The van der Waals surface area contributed by atoms with Crippen LogP contribution in [0, 0.1) is 0 Å². The molecule has 1 aromatic heterocycles. The number of para-hydroxylation sites is 1. The van der Waals surface area contributed by atoms with Crippen LogP contribution in [0.3, 0.4) is 0 Å². The number of ether oxygens (including phenoxy) is 2. The Hall–Kier alpha value is -5.29. The molecule has 1 atom stereocenters. The summed E-state index contributed by atoms with van der Waals surface area (Å²) in [5.74, 6) is 1.44. The zero-order valence-electron chi connectivity index (χ0n) is 24.9. The molecule has 0 radical (unpaired) electrons. The number of benzene rings is 5. The lowest BCUT2D eigenvalue weighted by Gasteiger charge is -2.19. The van der Waals surface area contributed by atoms with Crippen molar-refractivity contribution in [1.29, 1.82) is 0 Å². The van der Waals surface area contributed by atoms with Gasteiger partial charge in [0, 0.05) is 42.5 Å². The molecule has 6 rings (SSSR count). The van der Waals surface area contributed by atoms with Gasteiger partial charge in [-0.3, -0.25) is 4.79 Å². The highest BCUT2D eigenvalue weighted by Gasteiger charge is 2.23. The molecule has 0 saturated heterocycles. The smallest absolute Gasteiger partial charge is 0.221 e. The first kappa shape index (κ1) is 28.8. The fourth-order valence-corrected chi connectivity index (χ4v) is 5.63. The summed E-state index contributed by atoms with van der Waals surface area (Å²) in [5, 5.41) is 4.28. The number of fused-ring (bicyclic) bond motifs is 1. The first-order chi connectivity index (χ1) is 21.7. The van der Waals surface area contributed by atoms with Crippen molar-refractivity contribution in [3.8, 4) is 11.5 Å². The number of amides is 1. The van der Waals surface area contributed by atoms with Crippen molar-refractivity contribution in [2.75, 3.05) is 7.11 Å². The van der Waals surface area contributed by atoms with Gasteiger partial charge in [0.25, 0.3) is 0 Å². The summed E-state index contributed by atoms with van der Waals surface area (Å²) < 4.78 is 13.8. The maximum Gasteiger partial charge on any atom is 0.221 e. The molecule has 5 aromatic carbocycles. The number of methoxy groups -OCH3 is 1. The molecule has 44 heavy (non-hydrogen) atoms. The van der Waals surface area contributed by atoms with E-state index in [9.17, 15) is 4.79 Å². The van der Waals surface area contributed by atoms with E-state index < -0.39 is 0 Å². The van der Waals surface area contributed by atoms with E-state index in [-0.39, 0.29) is 11.8 Å². The summed E-state index contributed by atoms with van der Waals surface area (Å²) in [7, 11) is 1.68. The van der Waals surface area contributed by atoms with Crippen LogP contribution in [0.5, 0.6) is 11.5 Å². The Morgan fingerprint density at radius 2 is 1.43 bits per heavy atom. The highest BCUT2D eigenvalue weighted by molar-refractivity contribution is 5.87. The highest BCUT2D eigenvalue weighted by atomic mass is 16.5. The van der Waals surface area contributed by atoms with Gasteiger partial charge in [0.1, 0.15) is 18.1 Å². The van der Waals surface area contributed by atoms with Crippen LogP contribution in [-0.2, 0) is 24.5 Å². The average molecular weight is 581 g/mol. The molecule has 6 aromatic rings. The van der Waals surface area contributed by atoms with Crippen molar-refractivity contribution in [3.63, 3.8) is 0 Å². The number of hydrogen-bond donors (Lipinski definition) is 1. The fourth-order valence-electron chi connectivity index (χ4n) is 5.63. The molecule has 0 aliphatic heterocycles. The largest absolute Gasteiger partial charge is 0.497 e. The zero-order chi connectivity index (χ0) is 30.1. The maximum absolute atomic E-state index is 13.5. The van der Waals surface area contributed by atoms with Crippen LogP contribution in [0.15, 0.2) is 140 Å². The van der Waals surface area contributed by atoms with E-state index in [0.717, 1.165) is 44.7 Å². The molecular weight excluding hydrogens is 544 g/mol. The molecule has 0 aliphatic rings. The molecule has 1 heterocycles. The Kier molecular flexibility index (Phi) is 9.03. The van der Waals surface area contributed by atoms with Crippen LogP contribution < -0.4 is 14.8 Å². The number of aromatic nitrogens is 1. The van der Waals surface area contributed by atoms with E-state index in [4.69, 9.17) is 9.47 Å². The Labute approximate surface area is 258 Å². The SMILES string of the molecule is COc1ccc(Cn2cc([C@@H](CC(=O)NCc3ccccc3)c3cccc(OCc4ccccc4)c3)c3ccccc32)cc1. The van der Waals surface area contributed by atoms with Crippen molar-refractivity contribution in [3.05, 3.63) is 167 Å². The molecule has 0 aliphatic carbocycles. The van der Waals surface area contributed by atoms with Crippen molar-refractivity contribution in [2.45, 2.75) is 32.0 Å². The molecule has 0 unspecified atom stereocenters. The predicted octanol–water partition coefficient (Wildman–Crippen LogP) is 8.12. The molecule has 5 nitrogen and oxygen atoms in total. The third-order valence-corrected chi connectivity index (χ3v) is 7.94. The lowest BCUT2D eigenvalue weighted by atomic mass is 9.88. The van der Waals surface area contributed by atoms with E-state index in [0.29, 0.717) is 26.1 Å². The minimum absolute atomic E-state index is 0.00134. The van der Waals surface area contributed by atoms with Crippen LogP contribution >= 0.6 is 0 Å². The Morgan fingerprint density at radius 1 is 0.727 bits per heavy atom. The van der Waals surface area contributed by atoms with Crippen molar-refractivity contribution < 1.29 is 14.3 Å². The van der Waals surface area contributed by atoms with E-state index in [1.165, 1.54) is 5.56 Å². The van der Waals surface area contributed by atoms with Crippen LogP contribution in [-0.4, -0.2) is 17.6 Å². The number of nitrogens with one attached hydrogen (secondary N) is 1. The van der Waals surface area contributed by atoms with Crippen molar-refractivity contribution in [1.82, 2.24) is 9.88 Å². The molecule has 5 heteroatoms. The van der Waals surface area contributed by atoms with Crippen LogP contribution in [0.1, 0.15) is 40.2 Å². The highest BCUT2D eigenvalue weighted by Crippen LogP contribution is 2.36. The summed E-state index contributed by atoms with van der Waals surface area (Å²) in [6.07, 6.45) is 2.52. The molecular formula is C39H36N2O3. The molecule has 1 amide bonds. The number of carbonyl (C=O) groups is 1. The van der Waals surface area contributed by atoms with Crippen LogP contribution in [0.2, 0.25) is 0 Å². The summed E-state index contributed by atoms with van der Waals surface area (Å²) in [4.78, 5) is 13.5.